The summed E-state index contributed by atoms with van der Waals surface area (Å²) in [6.45, 7) is 5.95. The molecule has 1 saturated heterocycles. The van der Waals surface area contributed by atoms with Crippen LogP contribution in [0.4, 0.5) is 0 Å². The fourth-order valence-corrected chi connectivity index (χ4v) is 2.74. The molecule has 0 radical (unpaired) electrons. The molecule has 1 aromatic rings. The van der Waals surface area contributed by atoms with Crippen molar-refractivity contribution >= 4 is 5.91 Å². The summed E-state index contributed by atoms with van der Waals surface area (Å²) in [6.07, 6.45) is 1.99. The average molecular weight is 275 g/mol. The Kier molecular flexibility index (Phi) is 5.15. The molecule has 110 valence electrons. The largest absolute Gasteiger partial charge is 0.352 e. The number of likely N-dealkylation sites (tertiary alicyclic amines) is 1. The third kappa shape index (κ3) is 4.05. The second kappa shape index (κ2) is 6.86. The second-order valence-corrected chi connectivity index (χ2v) is 5.82. The summed E-state index contributed by atoms with van der Waals surface area (Å²) >= 11 is 0. The van der Waals surface area contributed by atoms with Crippen LogP contribution in [-0.4, -0.2) is 35.5 Å². The highest BCUT2D eigenvalue weighted by molar-refractivity contribution is 5.81. The van der Waals surface area contributed by atoms with E-state index in [2.05, 4.69) is 41.4 Å². The van der Waals surface area contributed by atoms with Gasteiger partial charge in [-0.05, 0) is 32.3 Å². The summed E-state index contributed by atoms with van der Waals surface area (Å²) in [6, 6.07) is 10.8. The molecule has 0 aliphatic carbocycles. The highest BCUT2D eigenvalue weighted by Gasteiger charge is 2.26. The third-order valence-corrected chi connectivity index (χ3v) is 4.00. The van der Waals surface area contributed by atoms with Gasteiger partial charge in [0.15, 0.2) is 0 Å². The van der Waals surface area contributed by atoms with Crippen LogP contribution >= 0.6 is 0 Å². The highest BCUT2D eigenvalue weighted by Crippen LogP contribution is 2.19. The Hall–Kier alpha value is -1.39. The number of carbonyl (C=O) groups excluding carboxylic acids is 1. The number of hydrogen-bond donors (Lipinski definition) is 2. The number of nitrogens with two attached hydrogens (primary N) is 1. The maximum atomic E-state index is 11.6. The van der Waals surface area contributed by atoms with E-state index in [1.165, 1.54) is 5.56 Å². The standard InChI is InChI=1S/C16H25N3O/c1-12-10-15(18-16(20)13(2)17)8-9-19(12)11-14-6-4-3-5-7-14/h3-7,12-13,15H,8-11,17H2,1-2H3,(H,18,20). The summed E-state index contributed by atoms with van der Waals surface area (Å²) < 4.78 is 0. The molecule has 1 amide bonds. The Morgan fingerprint density at radius 2 is 2.15 bits per heavy atom. The van der Waals surface area contributed by atoms with Gasteiger partial charge >= 0.3 is 0 Å². The van der Waals surface area contributed by atoms with E-state index in [9.17, 15) is 4.79 Å². The van der Waals surface area contributed by atoms with Gasteiger partial charge in [0.1, 0.15) is 0 Å². The van der Waals surface area contributed by atoms with Crippen molar-refractivity contribution in [1.29, 1.82) is 0 Å². The Morgan fingerprint density at radius 1 is 1.45 bits per heavy atom. The molecule has 4 nitrogen and oxygen atoms in total. The number of amides is 1. The molecular formula is C16H25N3O. The van der Waals surface area contributed by atoms with Crippen molar-refractivity contribution in [2.45, 2.75) is 51.4 Å². The lowest BCUT2D eigenvalue weighted by atomic mass is 9.97. The van der Waals surface area contributed by atoms with Crippen molar-refractivity contribution in [3.8, 4) is 0 Å². The van der Waals surface area contributed by atoms with E-state index in [0.717, 1.165) is 25.9 Å². The summed E-state index contributed by atoms with van der Waals surface area (Å²) in [5.41, 5.74) is 6.94. The molecule has 1 fully saturated rings. The van der Waals surface area contributed by atoms with Crippen LogP contribution in [0, 0.1) is 0 Å². The molecule has 3 N–H and O–H groups in total. The molecule has 3 atom stereocenters. The van der Waals surface area contributed by atoms with Crippen LogP contribution in [0.15, 0.2) is 30.3 Å². The van der Waals surface area contributed by atoms with Crippen molar-refractivity contribution in [2.75, 3.05) is 6.54 Å². The van der Waals surface area contributed by atoms with Crippen LogP contribution in [0.25, 0.3) is 0 Å². The molecule has 2 rings (SSSR count). The van der Waals surface area contributed by atoms with Crippen LogP contribution in [-0.2, 0) is 11.3 Å². The van der Waals surface area contributed by atoms with Crippen LogP contribution < -0.4 is 11.1 Å². The Bertz CT molecular complexity index is 433. The number of benzene rings is 1. The van der Waals surface area contributed by atoms with Crippen molar-refractivity contribution in [3.63, 3.8) is 0 Å². The molecule has 0 saturated carbocycles. The summed E-state index contributed by atoms with van der Waals surface area (Å²) in [5, 5.41) is 3.04. The lowest BCUT2D eigenvalue weighted by Gasteiger charge is -2.38. The predicted molar refractivity (Wildman–Crippen MR) is 81.1 cm³/mol. The fraction of sp³-hybridized carbons (Fsp3) is 0.562. The minimum Gasteiger partial charge on any atom is -0.352 e. The van der Waals surface area contributed by atoms with E-state index in [-0.39, 0.29) is 11.9 Å². The first-order chi connectivity index (χ1) is 9.56. The third-order valence-electron chi connectivity index (χ3n) is 4.00. The van der Waals surface area contributed by atoms with E-state index in [4.69, 9.17) is 5.73 Å². The fourth-order valence-electron chi connectivity index (χ4n) is 2.74. The van der Waals surface area contributed by atoms with E-state index >= 15 is 0 Å². The zero-order chi connectivity index (χ0) is 14.5. The maximum Gasteiger partial charge on any atom is 0.236 e. The van der Waals surface area contributed by atoms with Gasteiger partial charge in [0.05, 0.1) is 6.04 Å². The Labute approximate surface area is 121 Å². The van der Waals surface area contributed by atoms with Crippen molar-refractivity contribution in [1.82, 2.24) is 10.2 Å². The first-order valence-electron chi connectivity index (χ1n) is 7.40. The Balaban J connectivity index is 1.85. The van der Waals surface area contributed by atoms with Gasteiger partial charge in [-0.2, -0.15) is 0 Å². The lowest BCUT2D eigenvalue weighted by molar-refractivity contribution is -0.123. The van der Waals surface area contributed by atoms with Crippen molar-refractivity contribution < 1.29 is 4.79 Å². The Morgan fingerprint density at radius 3 is 2.75 bits per heavy atom. The van der Waals surface area contributed by atoms with E-state index in [1.807, 2.05) is 6.07 Å². The van der Waals surface area contributed by atoms with Crippen LogP contribution in [0.1, 0.15) is 32.3 Å². The normalized spacial score (nSPS) is 25.1. The molecule has 1 aromatic carbocycles. The smallest absolute Gasteiger partial charge is 0.236 e. The molecule has 1 aliphatic rings. The highest BCUT2D eigenvalue weighted by atomic mass is 16.2. The SMILES string of the molecule is CC(N)C(=O)NC1CCN(Cc2ccccc2)C(C)C1. The number of carbonyl (C=O) groups is 1. The van der Waals surface area contributed by atoms with Gasteiger partial charge in [-0.3, -0.25) is 9.69 Å². The molecular weight excluding hydrogens is 250 g/mol. The summed E-state index contributed by atoms with van der Waals surface area (Å²) in [5.74, 6) is -0.0429. The van der Waals surface area contributed by atoms with Gasteiger partial charge in [-0.1, -0.05) is 30.3 Å². The number of nitrogens with zero attached hydrogens (tertiary/aromatic N) is 1. The summed E-state index contributed by atoms with van der Waals surface area (Å²) in [7, 11) is 0. The monoisotopic (exact) mass is 275 g/mol. The minimum absolute atomic E-state index is 0.0429. The molecule has 1 aliphatic heterocycles. The van der Waals surface area contributed by atoms with Crippen LogP contribution in [0.5, 0.6) is 0 Å². The van der Waals surface area contributed by atoms with Crippen LogP contribution in [0.3, 0.4) is 0 Å². The lowest BCUT2D eigenvalue weighted by Crippen LogP contribution is -2.51. The summed E-state index contributed by atoms with van der Waals surface area (Å²) in [4.78, 5) is 14.1. The second-order valence-electron chi connectivity index (χ2n) is 5.82. The van der Waals surface area contributed by atoms with Gasteiger partial charge in [0, 0.05) is 25.2 Å². The van der Waals surface area contributed by atoms with Gasteiger partial charge in [-0.25, -0.2) is 0 Å². The first kappa shape index (κ1) is 15.0. The quantitative estimate of drug-likeness (QED) is 0.875. The van der Waals surface area contributed by atoms with Crippen molar-refractivity contribution in [3.05, 3.63) is 35.9 Å². The topological polar surface area (TPSA) is 58.4 Å². The van der Waals surface area contributed by atoms with E-state index < -0.39 is 6.04 Å². The van der Waals surface area contributed by atoms with Gasteiger partial charge in [0.2, 0.25) is 5.91 Å². The molecule has 0 spiro atoms. The number of hydrogen-bond acceptors (Lipinski definition) is 3. The molecule has 3 unspecified atom stereocenters. The zero-order valence-electron chi connectivity index (χ0n) is 12.4. The van der Waals surface area contributed by atoms with E-state index in [1.54, 1.807) is 6.92 Å². The minimum atomic E-state index is -0.423. The van der Waals surface area contributed by atoms with Crippen LogP contribution in [0.2, 0.25) is 0 Å². The zero-order valence-corrected chi connectivity index (χ0v) is 12.4. The number of piperidine rings is 1. The predicted octanol–water partition coefficient (Wildman–Crippen LogP) is 1.50. The molecule has 0 aromatic heterocycles. The molecule has 1 heterocycles. The van der Waals surface area contributed by atoms with Gasteiger partial charge < -0.3 is 11.1 Å². The maximum absolute atomic E-state index is 11.6. The van der Waals surface area contributed by atoms with E-state index in [0.29, 0.717) is 6.04 Å². The average Bonchev–Trinajstić information content (AvgIpc) is 2.43. The van der Waals surface area contributed by atoms with Crippen molar-refractivity contribution in [2.24, 2.45) is 5.73 Å². The molecule has 0 bridgehead atoms. The van der Waals surface area contributed by atoms with Gasteiger partial charge in [-0.15, -0.1) is 0 Å². The van der Waals surface area contributed by atoms with Gasteiger partial charge in [0.25, 0.3) is 0 Å². The molecule has 20 heavy (non-hydrogen) atoms. The first-order valence-corrected chi connectivity index (χ1v) is 7.40. The number of rotatable bonds is 4. The molecule has 4 heteroatoms. The number of nitrogens with one attached hydrogen (secondary N) is 1.